The molecule has 366 valence electrons. The van der Waals surface area contributed by atoms with Crippen molar-refractivity contribution in [3.05, 3.63) is 122 Å². The van der Waals surface area contributed by atoms with Gasteiger partial charge in [0, 0.05) is 19.3 Å². The summed E-state index contributed by atoms with van der Waals surface area (Å²) in [5.74, 6) is -1.01. The number of carbonyl (C=O) groups excluding carboxylic acids is 3. The second kappa shape index (κ2) is 52.4. The molecule has 6 nitrogen and oxygen atoms in total. The molecule has 0 aliphatic rings. The Hall–Kier alpha value is -4.19. The molecule has 0 heterocycles. The summed E-state index contributed by atoms with van der Waals surface area (Å²) < 4.78 is 16.7. The Morgan fingerprint density at radius 2 is 0.615 bits per heavy atom. The molecule has 1 atom stereocenters. The average Bonchev–Trinajstić information content (AvgIpc) is 3.30. The van der Waals surface area contributed by atoms with Gasteiger partial charge in [0.15, 0.2) is 6.10 Å². The molecule has 0 bridgehead atoms. The number of esters is 3. The van der Waals surface area contributed by atoms with Crippen LogP contribution in [0.2, 0.25) is 0 Å². The lowest BCUT2D eigenvalue weighted by Gasteiger charge is -2.18. The van der Waals surface area contributed by atoms with Gasteiger partial charge in [-0.2, -0.15) is 0 Å². The van der Waals surface area contributed by atoms with Crippen LogP contribution in [0.25, 0.3) is 0 Å². The van der Waals surface area contributed by atoms with Crippen molar-refractivity contribution in [2.75, 3.05) is 13.2 Å². The maximum atomic E-state index is 12.8. The largest absolute Gasteiger partial charge is 0.462 e. The molecule has 6 heteroatoms. The normalized spacial score (nSPS) is 13.1. The lowest BCUT2D eigenvalue weighted by molar-refractivity contribution is -0.167. The third-order valence-corrected chi connectivity index (χ3v) is 10.7. The molecular formula is C59H94O6. The van der Waals surface area contributed by atoms with E-state index in [0.29, 0.717) is 19.3 Å². The second-order valence-corrected chi connectivity index (χ2v) is 16.9. The Bertz CT molecular complexity index is 1400. The maximum absolute atomic E-state index is 12.8. The molecule has 0 aliphatic heterocycles. The van der Waals surface area contributed by atoms with E-state index in [-0.39, 0.29) is 37.5 Å². The van der Waals surface area contributed by atoms with E-state index >= 15 is 0 Å². The van der Waals surface area contributed by atoms with Gasteiger partial charge in [-0.15, -0.1) is 0 Å². The summed E-state index contributed by atoms with van der Waals surface area (Å²) in [6.07, 6.45) is 71.9. The summed E-state index contributed by atoms with van der Waals surface area (Å²) in [5.41, 5.74) is 0. The zero-order valence-corrected chi connectivity index (χ0v) is 41.7. The number of rotatable bonds is 45. The van der Waals surface area contributed by atoms with Gasteiger partial charge in [-0.05, 0) is 83.5 Å². The summed E-state index contributed by atoms with van der Waals surface area (Å²) in [5, 5.41) is 0. The topological polar surface area (TPSA) is 78.9 Å². The van der Waals surface area contributed by atoms with Crippen LogP contribution in [0.5, 0.6) is 0 Å². The van der Waals surface area contributed by atoms with E-state index in [2.05, 4.69) is 57.2 Å². The fourth-order valence-corrected chi connectivity index (χ4v) is 6.76. The Labute approximate surface area is 399 Å². The predicted octanol–water partition coefficient (Wildman–Crippen LogP) is 17.3. The molecule has 0 spiro atoms. The molecular weight excluding hydrogens is 805 g/mol. The highest BCUT2D eigenvalue weighted by Crippen LogP contribution is 2.14. The highest BCUT2D eigenvalue weighted by Gasteiger charge is 2.19. The minimum absolute atomic E-state index is 0.114. The smallest absolute Gasteiger partial charge is 0.306 e. The maximum Gasteiger partial charge on any atom is 0.306 e. The fourth-order valence-electron chi connectivity index (χ4n) is 6.76. The van der Waals surface area contributed by atoms with Crippen molar-refractivity contribution in [1.29, 1.82) is 0 Å². The SMILES string of the molecule is CC/C=C/C=C/C=C/C=C/C=C/CCCCCC(=O)OC(COC(=O)CCCCC/C=C/C=C/C=C/C=C/CC)COC(=O)CCCCCCCCC/C=C/CCCCCCCCCC. The first-order valence-electron chi connectivity index (χ1n) is 26.2. The van der Waals surface area contributed by atoms with E-state index in [1.54, 1.807) is 0 Å². The molecule has 0 fully saturated rings. The molecule has 1 unspecified atom stereocenters. The van der Waals surface area contributed by atoms with E-state index < -0.39 is 6.10 Å². The van der Waals surface area contributed by atoms with E-state index in [1.165, 1.54) is 89.9 Å². The molecule has 0 saturated heterocycles. The van der Waals surface area contributed by atoms with E-state index in [0.717, 1.165) is 77.0 Å². The molecule has 0 rings (SSSR count). The van der Waals surface area contributed by atoms with Crippen LogP contribution >= 0.6 is 0 Å². The van der Waals surface area contributed by atoms with Gasteiger partial charge in [-0.1, -0.05) is 232 Å². The highest BCUT2D eigenvalue weighted by atomic mass is 16.6. The standard InChI is InChI=1S/C59H94O6/c1-4-7-10-13-16-19-22-25-27-28-29-30-32-34-37-40-43-46-49-52-58(61)64-55-56(54-63-57(60)51-48-45-42-39-36-33-24-21-18-15-12-9-6-3)65-59(62)53-50-47-44-41-38-35-31-26-23-20-17-14-11-8-5-2/h8-9,11-12,14-15,17-18,20-21,23-24,26,28-29,31,33,35-36,38,56H,4-7,10,13,16,19,22,25,27,30,32,34,37,39-55H2,1-3H3/b11-8+,12-9+,17-14+,18-15+,23-20+,24-21+,29-28+,31-26+,36-33+,38-35+. The number of ether oxygens (including phenoxy) is 3. The van der Waals surface area contributed by atoms with Gasteiger partial charge in [0.05, 0.1) is 0 Å². The minimum Gasteiger partial charge on any atom is -0.462 e. The Kier molecular flexibility index (Phi) is 49.1. The Morgan fingerprint density at radius 3 is 1.00 bits per heavy atom. The van der Waals surface area contributed by atoms with E-state index in [9.17, 15) is 14.4 Å². The van der Waals surface area contributed by atoms with E-state index in [1.807, 2.05) is 85.1 Å². The molecule has 0 saturated carbocycles. The lowest BCUT2D eigenvalue weighted by atomic mass is 10.1. The van der Waals surface area contributed by atoms with Gasteiger partial charge < -0.3 is 14.2 Å². The van der Waals surface area contributed by atoms with Crippen LogP contribution in [0.15, 0.2) is 122 Å². The summed E-state index contributed by atoms with van der Waals surface area (Å²) in [6.45, 7) is 6.26. The lowest BCUT2D eigenvalue weighted by Crippen LogP contribution is -2.30. The molecule has 0 amide bonds. The van der Waals surface area contributed by atoms with Gasteiger partial charge in [0.25, 0.3) is 0 Å². The van der Waals surface area contributed by atoms with Gasteiger partial charge >= 0.3 is 17.9 Å². The van der Waals surface area contributed by atoms with Gasteiger partial charge in [-0.25, -0.2) is 0 Å². The first-order valence-corrected chi connectivity index (χ1v) is 26.2. The fraction of sp³-hybridized carbons (Fsp3) is 0.610. The van der Waals surface area contributed by atoms with E-state index in [4.69, 9.17) is 14.2 Å². The zero-order valence-electron chi connectivity index (χ0n) is 41.7. The second-order valence-electron chi connectivity index (χ2n) is 16.9. The molecule has 65 heavy (non-hydrogen) atoms. The van der Waals surface area contributed by atoms with Crippen molar-refractivity contribution in [2.24, 2.45) is 0 Å². The molecule has 0 N–H and O–H groups in total. The van der Waals surface area contributed by atoms with Crippen molar-refractivity contribution in [1.82, 2.24) is 0 Å². The average molecular weight is 899 g/mol. The van der Waals surface area contributed by atoms with Crippen LogP contribution in [-0.2, 0) is 28.6 Å². The van der Waals surface area contributed by atoms with Crippen LogP contribution in [0.4, 0.5) is 0 Å². The summed E-state index contributed by atoms with van der Waals surface area (Å²) in [4.78, 5) is 38.0. The van der Waals surface area contributed by atoms with Crippen LogP contribution in [0.3, 0.4) is 0 Å². The van der Waals surface area contributed by atoms with Crippen LogP contribution in [-0.4, -0.2) is 37.2 Å². The quantitative estimate of drug-likeness (QED) is 0.0199. The summed E-state index contributed by atoms with van der Waals surface area (Å²) in [6, 6.07) is 0. The van der Waals surface area contributed by atoms with Crippen molar-refractivity contribution >= 4 is 17.9 Å². The first-order chi connectivity index (χ1) is 32.0. The van der Waals surface area contributed by atoms with Gasteiger partial charge in [-0.3, -0.25) is 14.4 Å². The predicted molar refractivity (Wildman–Crippen MR) is 279 cm³/mol. The van der Waals surface area contributed by atoms with Crippen molar-refractivity contribution in [3.8, 4) is 0 Å². The zero-order chi connectivity index (χ0) is 47.2. The Morgan fingerprint density at radius 1 is 0.323 bits per heavy atom. The van der Waals surface area contributed by atoms with Crippen LogP contribution < -0.4 is 0 Å². The monoisotopic (exact) mass is 899 g/mol. The molecule has 0 aromatic rings. The summed E-state index contributed by atoms with van der Waals surface area (Å²) >= 11 is 0. The third kappa shape index (κ3) is 50.7. The number of unbranched alkanes of at least 4 members (excludes halogenated alkanes) is 21. The molecule has 0 radical (unpaired) electrons. The molecule has 0 aliphatic carbocycles. The minimum atomic E-state index is -0.821. The molecule has 0 aromatic carbocycles. The van der Waals surface area contributed by atoms with Gasteiger partial charge in [0.1, 0.15) is 13.2 Å². The number of allylic oxidation sites excluding steroid dienone is 20. The third-order valence-electron chi connectivity index (χ3n) is 10.7. The van der Waals surface area contributed by atoms with Crippen molar-refractivity contribution < 1.29 is 28.6 Å². The van der Waals surface area contributed by atoms with Crippen molar-refractivity contribution in [3.63, 3.8) is 0 Å². The first kappa shape index (κ1) is 60.8. The number of hydrogen-bond acceptors (Lipinski definition) is 6. The van der Waals surface area contributed by atoms with Crippen LogP contribution in [0.1, 0.15) is 213 Å². The van der Waals surface area contributed by atoms with Gasteiger partial charge in [0.2, 0.25) is 0 Å². The molecule has 0 aromatic heterocycles. The van der Waals surface area contributed by atoms with Crippen molar-refractivity contribution in [2.45, 2.75) is 219 Å². The van der Waals surface area contributed by atoms with Crippen LogP contribution in [0, 0.1) is 0 Å². The Balaban J connectivity index is 4.50. The highest BCUT2D eigenvalue weighted by molar-refractivity contribution is 5.71. The number of carbonyl (C=O) groups is 3. The summed E-state index contributed by atoms with van der Waals surface area (Å²) in [7, 11) is 0. The number of hydrogen-bond donors (Lipinski definition) is 0.